The summed E-state index contributed by atoms with van der Waals surface area (Å²) in [4.78, 5) is 0.0568. The van der Waals surface area contributed by atoms with Gasteiger partial charge in [0, 0.05) is 20.2 Å². The Kier molecular flexibility index (Phi) is 5.30. The van der Waals surface area contributed by atoms with Crippen molar-refractivity contribution in [2.24, 2.45) is 5.73 Å². The molecule has 0 saturated carbocycles. The van der Waals surface area contributed by atoms with Crippen LogP contribution in [-0.2, 0) is 14.8 Å². The molecule has 1 saturated heterocycles. The van der Waals surface area contributed by atoms with E-state index >= 15 is 0 Å². The van der Waals surface area contributed by atoms with Crippen LogP contribution in [0.25, 0.3) is 0 Å². The molecule has 5 nitrogen and oxygen atoms in total. The molecule has 100 valence electrons. The summed E-state index contributed by atoms with van der Waals surface area (Å²) in [5.74, 6) is 0. The van der Waals surface area contributed by atoms with Crippen LogP contribution >= 0.6 is 12.2 Å². The molecule has 0 aromatic rings. The summed E-state index contributed by atoms with van der Waals surface area (Å²) in [6, 6.07) is 0. The van der Waals surface area contributed by atoms with Crippen molar-refractivity contribution in [3.05, 3.63) is 0 Å². The fraction of sp³-hybridized carbons (Fsp3) is 0.900. The fourth-order valence-corrected chi connectivity index (χ4v) is 4.39. The van der Waals surface area contributed by atoms with Crippen molar-refractivity contribution in [2.45, 2.75) is 37.5 Å². The third-order valence-electron chi connectivity index (χ3n) is 3.14. The molecule has 7 heteroatoms. The minimum atomic E-state index is -3.39. The zero-order chi connectivity index (χ0) is 13.1. The lowest BCUT2D eigenvalue weighted by molar-refractivity contribution is 0.0603. The Bertz CT molecular complexity index is 362. The molecule has 2 N–H and O–H groups in total. The van der Waals surface area contributed by atoms with Crippen LogP contribution in [0.4, 0.5) is 0 Å². The van der Waals surface area contributed by atoms with E-state index in [1.54, 1.807) is 14.0 Å². The van der Waals surface area contributed by atoms with Gasteiger partial charge in [-0.25, -0.2) is 12.7 Å². The highest BCUT2D eigenvalue weighted by Gasteiger charge is 2.35. The van der Waals surface area contributed by atoms with Crippen molar-refractivity contribution in [3.63, 3.8) is 0 Å². The average Bonchev–Trinajstić information content (AvgIpc) is 2.29. The van der Waals surface area contributed by atoms with Gasteiger partial charge < -0.3 is 10.5 Å². The number of thiocarbonyl (C=S) groups is 1. The van der Waals surface area contributed by atoms with Crippen LogP contribution in [0.5, 0.6) is 0 Å². The molecular weight excluding hydrogens is 260 g/mol. The molecule has 1 rings (SSSR count). The molecule has 0 amide bonds. The number of hydrogen-bond acceptors (Lipinski definition) is 4. The first-order valence-corrected chi connectivity index (χ1v) is 7.65. The maximum Gasteiger partial charge on any atom is 0.223 e. The molecule has 0 aliphatic carbocycles. The largest absolute Gasteiger partial charge is 0.392 e. The second-order valence-electron chi connectivity index (χ2n) is 4.18. The lowest BCUT2D eigenvalue weighted by atomic mass is 10.1. The van der Waals surface area contributed by atoms with E-state index in [9.17, 15) is 8.42 Å². The van der Waals surface area contributed by atoms with Gasteiger partial charge in [-0.3, -0.25) is 0 Å². The number of ether oxygens (including phenoxy) is 1. The van der Waals surface area contributed by atoms with E-state index in [-0.39, 0.29) is 11.1 Å². The Morgan fingerprint density at radius 1 is 1.53 bits per heavy atom. The summed E-state index contributed by atoms with van der Waals surface area (Å²) in [5, 5.41) is -0.739. The van der Waals surface area contributed by atoms with Crippen LogP contribution in [0.2, 0.25) is 0 Å². The Labute approximate surface area is 108 Å². The molecule has 0 aromatic heterocycles. The van der Waals surface area contributed by atoms with Gasteiger partial charge >= 0.3 is 0 Å². The number of sulfonamides is 1. The number of piperidine rings is 1. The molecule has 1 atom stereocenters. The normalized spacial score (nSPS) is 21.3. The molecule has 1 aliphatic heterocycles. The van der Waals surface area contributed by atoms with Gasteiger partial charge in [-0.1, -0.05) is 19.1 Å². The van der Waals surface area contributed by atoms with Gasteiger partial charge in [-0.15, -0.1) is 0 Å². The van der Waals surface area contributed by atoms with Gasteiger partial charge in [0.2, 0.25) is 10.0 Å². The van der Waals surface area contributed by atoms with Gasteiger partial charge in [-0.05, 0) is 19.3 Å². The molecule has 0 bridgehead atoms. The molecular formula is C10H20N2O3S2. The maximum absolute atomic E-state index is 12.3. The summed E-state index contributed by atoms with van der Waals surface area (Å²) in [6.45, 7) is 2.75. The molecule has 0 spiro atoms. The molecule has 1 fully saturated rings. The molecule has 1 aliphatic rings. The van der Waals surface area contributed by atoms with Crippen LogP contribution in [0, 0.1) is 0 Å². The Morgan fingerprint density at radius 2 is 2.06 bits per heavy atom. The van der Waals surface area contributed by atoms with Crippen LogP contribution in [-0.4, -0.2) is 49.3 Å². The summed E-state index contributed by atoms with van der Waals surface area (Å²) in [6.07, 6.45) is 2.03. The van der Waals surface area contributed by atoms with E-state index in [1.807, 2.05) is 0 Å². The van der Waals surface area contributed by atoms with Crippen molar-refractivity contribution < 1.29 is 13.2 Å². The highest BCUT2D eigenvalue weighted by Crippen LogP contribution is 2.20. The van der Waals surface area contributed by atoms with Crippen LogP contribution in [0.15, 0.2) is 0 Å². The lowest BCUT2D eigenvalue weighted by Gasteiger charge is -2.32. The Balaban J connectivity index is 2.75. The summed E-state index contributed by atoms with van der Waals surface area (Å²) < 4.78 is 31.2. The van der Waals surface area contributed by atoms with Crippen molar-refractivity contribution in [2.75, 3.05) is 20.2 Å². The van der Waals surface area contributed by atoms with Crippen molar-refractivity contribution in [3.8, 4) is 0 Å². The first kappa shape index (κ1) is 14.8. The van der Waals surface area contributed by atoms with E-state index in [0.717, 1.165) is 12.8 Å². The first-order valence-electron chi connectivity index (χ1n) is 5.74. The van der Waals surface area contributed by atoms with E-state index in [1.165, 1.54) is 4.31 Å². The number of nitrogens with zero attached hydrogens (tertiary/aromatic N) is 1. The van der Waals surface area contributed by atoms with Gasteiger partial charge in [0.25, 0.3) is 0 Å². The van der Waals surface area contributed by atoms with Crippen molar-refractivity contribution in [1.82, 2.24) is 4.31 Å². The predicted molar refractivity (Wildman–Crippen MR) is 71.4 cm³/mol. The van der Waals surface area contributed by atoms with Crippen LogP contribution in [0.3, 0.4) is 0 Å². The van der Waals surface area contributed by atoms with Gasteiger partial charge in [0.1, 0.15) is 5.25 Å². The Morgan fingerprint density at radius 3 is 2.41 bits per heavy atom. The number of nitrogens with two attached hydrogens (primary N) is 1. The highest BCUT2D eigenvalue weighted by atomic mass is 32.2. The highest BCUT2D eigenvalue weighted by molar-refractivity contribution is 7.92. The van der Waals surface area contributed by atoms with E-state index in [0.29, 0.717) is 19.5 Å². The molecule has 17 heavy (non-hydrogen) atoms. The third kappa shape index (κ3) is 3.37. The van der Waals surface area contributed by atoms with E-state index in [2.05, 4.69) is 0 Å². The predicted octanol–water partition coefficient (Wildman–Crippen LogP) is 0.492. The quantitative estimate of drug-likeness (QED) is 0.742. The standard InChI is InChI=1S/C10H20N2O3S2/c1-3-9(10(11)16)17(13,14)12-6-4-8(15-2)5-7-12/h8-9H,3-7H2,1-2H3,(H2,11,16). The first-order chi connectivity index (χ1) is 7.93. The fourth-order valence-electron chi connectivity index (χ4n) is 2.06. The van der Waals surface area contributed by atoms with Gasteiger partial charge in [-0.2, -0.15) is 0 Å². The minimum absolute atomic E-state index is 0.0568. The number of methoxy groups -OCH3 is 1. The van der Waals surface area contributed by atoms with Gasteiger partial charge in [0.15, 0.2) is 0 Å². The second kappa shape index (κ2) is 6.08. The summed E-state index contributed by atoms with van der Waals surface area (Å²) in [7, 11) is -1.74. The molecule has 1 heterocycles. The van der Waals surface area contributed by atoms with Crippen molar-refractivity contribution >= 4 is 27.2 Å². The summed E-state index contributed by atoms with van der Waals surface area (Å²) >= 11 is 4.83. The van der Waals surface area contributed by atoms with Gasteiger partial charge in [0.05, 0.1) is 11.1 Å². The summed E-state index contributed by atoms with van der Waals surface area (Å²) in [5.41, 5.74) is 5.49. The third-order valence-corrected chi connectivity index (χ3v) is 5.97. The molecule has 0 radical (unpaired) electrons. The topological polar surface area (TPSA) is 72.6 Å². The van der Waals surface area contributed by atoms with E-state index in [4.69, 9.17) is 22.7 Å². The second-order valence-corrected chi connectivity index (χ2v) is 6.77. The molecule has 1 unspecified atom stereocenters. The monoisotopic (exact) mass is 280 g/mol. The average molecular weight is 280 g/mol. The SMILES string of the molecule is CCC(C(N)=S)S(=O)(=O)N1CCC(OC)CC1. The molecule has 0 aromatic carbocycles. The smallest absolute Gasteiger partial charge is 0.223 e. The lowest BCUT2D eigenvalue weighted by Crippen LogP contribution is -2.48. The number of hydrogen-bond donors (Lipinski definition) is 1. The number of rotatable bonds is 5. The van der Waals surface area contributed by atoms with E-state index < -0.39 is 15.3 Å². The zero-order valence-corrected chi connectivity index (χ0v) is 11.9. The van der Waals surface area contributed by atoms with Crippen molar-refractivity contribution in [1.29, 1.82) is 0 Å². The minimum Gasteiger partial charge on any atom is -0.392 e. The van der Waals surface area contributed by atoms with Crippen LogP contribution in [0.1, 0.15) is 26.2 Å². The van der Waals surface area contributed by atoms with Crippen LogP contribution < -0.4 is 5.73 Å². The maximum atomic E-state index is 12.3. The zero-order valence-electron chi connectivity index (χ0n) is 10.3. The Hall–Kier alpha value is -0.240.